The predicted octanol–water partition coefficient (Wildman–Crippen LogP) is 6.80. The Labute approximate surface area is 214 Å². The summed E-state index contributed by atoms with van der Waals surface area (Å²) in [5, 5.41) is 0.180. The lowest BCUT2D eigenvalue weighted by atomic mass is 10.1. The molecule has 0 N–H and O–H groups in total. The molecule has 0 aliphatic carbocycles. The van der Waals surface area contributed by atoms with Crippen molar-refractivity contribution in [2.45, 2.75) is 6.54 Å². The quantitative estimate of drug-likeness (QED) is 0.255. The van der Waals surface area contributed by atoms with E-state index in [1.807, 2.05) is 109 Å². The number of rotatable bonds is 5. The van der Waals surface area contributed by atoms with Crippen molar-refractivity contribution in [2.75, 3.05) is 0 Å². The third-order valence-corrected chi connectivity index (χ3v) is 5.80. The standard InChI is InChI=1S/C31H21ClN2O2/c32-29-28(26-17-8-3-9-18-26)34(22-24-14-6-2-7-15-24)31(35)30(33-29)36-27-19-11-10-16-25(27)21-20-23-12-4-1-5-13-23/h1-19H,22H2. The van der Waals surface area contributed by atoms with E-state index in [9.17, 15) is 4.79 Å². The van der Waals surface area contributed by atoms with Crippen LogP contribution in [0.5, 0.6) is 11.6 Å². The molecule has 5 rings (SSSR count). The maximum atomic E-state index is 13.7. The van der Waals surface area contributed by atoms with Gasteiger partial charge in [-0.2, -0.15) is 4.98 Å². The van der Waals surface area contributed by atoms with Crippen LogP contribution in [0.3, 0.4) is 0 Å². The average molecular weight is 489 g/mol. The molecule has 0 aliphatic heterocycles. The lowest BCUT2D eigenvalue weighted by Crippen LogP contribution is -2.25. The molecule has 0 saturated heterocycles. The van der Waals surface area contributed by atoms with Gasteiger partial charge in [0.15, 0.2) is 5.15 Å². The first-order chi connectivity index (χ1) is 17.7. The van der Waals surface area contributed by atoms with E-state index in [0.717, 1.165) is 16.7 Å². The zero-order valence-corrected chi connectivity index (χ0v) is 20.0. The first-order valence-electron chi connectivity index (χ1n) is 11.4. The number of para-hydroxylation sites is 1. The maximum absolute atomic E-state index is 13.7. The molecule has 0 bridgehead atoms. The van der Waals surface area contributed by atoms with Crippen LogP contribution in [0.25, 0.3) is 11.3 Å². The van der Waals surface area contributed by atoms with Gasteiger partial charge in [0.25, 0.3) is 5.88 Å². The molecule has 1 heterocycles. The third kappa shape index (κ3) is 5.22. The van der Waals surface area contributed by atoms with Crippen LogP contribution < -0.4 is 10.3 Å². The minimum atomic E-state index is -0.382. The summed E-state index contributed by atoms with van der Waals surface area (Å²) in [6.07, 6.45) is 0. The van der Waals surface area contributed by atoms with Gasteiger partial charge in [0.05, 0.1) is 17.8 Å². The van der Waals surface area contributed by atoms with Crippen LogP contribution in [-0.2, 0) is 6.54 Å². The fourth-order valence-electron chi connectivity index (χ4n) is 3.80. The van der Waals surface area contributed by atoms with Gasteiger partial charge in [0.2, 0.25) is 0 Å². The van der Waals surface area contributed by atoms with Gasteiger partial charge < -0.3 is 4.74 Å². The van der Waals surface area contributed by atoms with Crippen molar-refractivity contribution in [3.05, 3.63) is 147 Å². The summed E-state index contributed by atoms with van der Waals surface area (Å²) in [7, 11) is 0. The molecule has 5 aromatic rings. The lowest BCUT2D eigenvalue weighted by molar-refractivity contribution is 0.446. The molecule has 4 aromatic carbocycles. The highest BCUT2D eigenvalue weighted by Crippen LogP contribution is 2.29. The Balaban J connectivity index is 1.58. The SMILES string of the molecule is O=c1c(Oc2ccccc2C#Cc2ccccc2)nc(Cl)c(-c2ccccc2)n1Cc1ccccc1. The van der Waals surface area contributed by atoms with Gasteiger partial charge in [-0.3, -0.25) is 9.36 Å². The second kappa shape index (κ2) is 10.8. The van der Waals surface area contributed by atoms with Crippen molar-refractivity contribution in [3.63, 3.8) is 0 Å². The van der Waals surface area contributed by atoms with Crippen LogP contribution in [0.15, 0.2) is 120 Å². The average Bonchev–Trinajstić information content (AvgIpc) is 2.92. The monoisotopic (exact) mass is 488 g/mol. The van der Waals surface area contributed by atoms with Crippen LogP contribution in [0.2, 0.25) is 5.15 Å². The Morgan fingerprint density at radius 2 is 1.36 bits per heavy atom. The van der Waals surface area contributed by atoms with Crippen LogP contribution in [0.4, 0.5) is 0 Å². The molecule has 0 spiro atoms. The van der Waals surface area contributed by atoms with E-state index in [-0.39, 0.29) is 16.6 Å². The lowest BCUT2D eigenvalue weighted by Gasteiger charge is -2.16. The Bertz CT molecular complexity index is 1600. The fraction of sp³-hybridized carbons (Fsp3) is 0.0323. The molecular formula is C31H21ClN2O2. The minimum absolute atomic E-state index is 0.107. The second-order valence-corrected chi connectivity index (χ2v) is 8.37. The Kier molecular flexibility index (Phi) is 6.93. The van der Waals surface area contributed by atoms with Crippen molar-refractivity contribution in [2.24, 2.45) is 0 Å². The van der Waals surface area contributed by atoms with Gasteiger partial charge in [-0.05, 0) is 29.8 Å². The number of benzene rings is 4. The summed E-state index contributed by atoms with van der Waals surface area (Å²) in [5.74, 6) is 6.58. The highest BCUT2D eigenvalue weighted by Gasteiger charge is 2.19. The zero-order chi connectivity index (χ0) is 24.7. The fourth-order valence-corrected chi connectivity index (χ4v) is 4.08. The molecular weight excluding hydrogens is 468 g/mol. The van der Waals surface area contributed by atoms with E-state index >= 15 is 0 Å². The number of ether oxygens (including phenoxy) is 1. The van der Waals surface area contributed by atoms with E-state index in [1.165, 1.54) is 0 Å². The summed E-state index contributed by atoms with van der Waals surface area (Å²) < 4.78 is 7.65. The molecule has 0 radical (unpaired) electrons. The van der Waals surface area contributed by atoms with Crippen LogP contribution in [0, 0.1) is 11.8 Å². The topological polar surface area (TPSA) is 44.1 Å². The Morgan fingerprint density at radius 3 is 2.08 bits per heavy atom. The molecule has 5 heteroatoms. The number of aromatic nitrogens is 2. The number of halogens is 1. The van der Waals surface area contributed by atoms with Gasteiger partial charge in [-0.1, -0.05) is 114 Å². The maximum Gasteiger partial charge on any atom is 0.314 e. The van der Waals surface area contributed by atoms with Gasteiger partial charge in [-0.25, -0.2) is 0 Å². The van der Waals surface area contributed by atoms with E-state index in [2.05, 4.69) is 16.8 Å². The van der Waals surface area contributed by atoms with Crippen molar-refractivity contribution < 1.29 is 4.74 Å². The molecule has 0 saturated carbocycles. The largest absolute Gasteiger partial charge is 0.433 e. The van der Waals surface area contributed by atoms with Crippen molar-refractivity contribution in [1.82, 2.24) is 9.55 Å². The summed E-state index contributed by atoms with van der Waals surface area (Å²) in [4.78, 5) is 18.1. The Morgan fingerprint density at radius 1 is 0.750 bits per heavy atom. The van der Waals surface area contributed by atoms with Crippen molar-refractivity contribution in [3.8, 4) is 34.7 Å². The summed E-state index contributed by atoms with van der Waals surface area (Å²) in [6, 6.07) is 36.2. The summed E-state index contributed by atoms with van der Waals surface area (Å²) in [5.41, 5.74) is 3.43. The third-order valence-electron chi connectivity index (χ3n) is 5.53. The van der Waals surface area contributed by atoms with Gasteiger partial charge in [-0.15, -0.1) is 0 Å². The molecule has 174 valence electrons. The summed E-state index contributed by atoms with van der Waals surface area (Å²) in [6.45, 7) is 0.317. The zero-order valence-electron chi connectivity index (χ0n) is 19.3. The van der Waals surface area contributed by atoms with Gasteiger partial charge in [0, 0.05) is 11.1 Å². The normalized spacial score (nSPS) is 10.4. The molecule has 0 amide bonds. The van der Waals surface area contributed by atoms with Crippen LogP contribution in [0.1, 0.15) is 16.7 Å². The summed E-state index contributed by atoms with van der Waals surface area (Å²) >= 11 is 6.68. The van der Waals surface area contributed by atoms with Crippen molar-refractivity contribution >= 4 is 11.6 Å². The van der Waals surface area contributed by atoms with Crippen LogP contribution >= 0.6 is 11.6 Å². The molecule has 4 nitrogen and oxygen atoms in total. The first-order valence-corrected chi connectivity index (χ1v) is 11.8. The van der Waals surface area contributed by atoms with Gasteiger partial charge >= 0.3 is 5.56 Å². The highest BCUT2D eigenvalue weighted by molar-refractivity contribution is 6.31. The number of hydrogen-bond donors (Lipinski definition) is 0. The molecule has 1 aromatic heterocycles. The number of nitrogens with zero attached hydrogens (tertiary/aromatic N) is 2. The predicted molar refractivity (Wildman–Crippen MR) is 143 cm³/mol. The molecule has 0 unspecified atom stereocenters. The van der Waals surface area contributed by atoms with Crippen LogP contribution in [-0.4, -0.2) is 9.55 Å². The Hall–Kier alpha value is -4.59. The molecule has 0 atom stereocenters. The molecule has 0 fully saturated rings. The van der Waals surface area contributed by atoms with E-state index in [0.29, 0.717) is 23.6 Å². The highest BCUT2D eigenvalue weighted by atomic mass is 35.5. The minimum Gasteiger partial charge on any atom is -0.433 e. The van der Waals surface area contributed by atoms with E-state index in [1.54, 1.807) is 10.6 Å². The van der Waals surface area contributed by atoms with Gasteiger partial charge in [0.1, 0.15) is 5.75 Å². The molecule has 0 aliphatic rings. The van der Waals surface area contributed by atoms with E-state index < -0.39 is 0 Å². The molecule has 36 heavy (non-hydrogen) atoms. The second-order valence-electron chi connectivity index (χ2n) is 8.01. The van der Waals surface area contributed by atoms with Crippen molar-refractivity contribution in [1.29, 1.82) is 0 Å². The number of hydrogen-bond acceptors (Lipinski definition) is 3. The first kappa shape index (κ1) is 23.2. The van der Waals surface area contributed by atoms with E-state index in [4.69, 9.17) is 16.3 Å². The smallest absolute Gasteiger partial charge is 0.314 e.